The molecule has 17 heavy (non-hydrogen) atoms. The van der Waals surface area contributed by atoms with Gasteiger partial charge in [0.1, 0.15) is 0 Å². The Labute approximate surface area is 109 Å². The molecule has 1 aromatic rings. The highest BCUT2D eigenvalue weighted by molar-refractivity contribution is 9.10. The molecule has 0 spiro atoms. The van der Waals surface area contributed by atoms with Crippen molar-refractivity contribution in [3.63, 3.8) is 0 Å². The first-order valence-electron chi connectivity index (χ1n) is 5.54. The van der Waals surface area contributed by atoms with Gasteiger partial charge in [0.05, 0.1) is 4.92 Å². The van der Waals surface area contributed by atoms with Gasteiger partial charge in [0, 0.05) is 29.8 Å². The van der Waals surface area contributed by atoms with E-state index < -0.39 is 4.92 Å². The molecule has 0 atom stereocenters. The standard InChI is InChI=1S/C11H16BrN3O2/c1-4-9(5-2)14(3)11-10(15(16)17)6-8(12)7-13-11/h6-7,9H,4-5H2,1-3H3. The molecule has 1 heterocycles. The molecule has 0 saturated carbocycles. The molecule has 0 aliphatic carbocycles. The Morgan fingerprint density at radius 3 is 2.59 bits per heavy atom. The van der Waals surface area contributed by atoms with Crippen LogP contribution in [0.2, 0.25) is 0 Å². The summed E-state index contributed by atoms with van der Waals surface area (Å²) in [5.41, 5.74) is 0.0359. The van der Waals surface area contributed by atoms with E-state index in [-0.39, 0.29) is 11.7 Å². The van der Waals surface area contributed by atoms with Crippen LogP contribution in [0.15, 0.2) is 16.7 Å². The fraction of sp³-hybridized carbons (Fsp3) is 0.545. The molecule has 0 aromatic carbocycles. The number of nitrogens with zero attached hydrogens (tertiary/aromatic N) is 3. The minimum atomic E-state index is -0.397. The van der Waals surface area contributed by atoms with E-state index in [4.69, 9.17) is 0 Å². The van der Waals surface area contributed by atoms with Gasteiger partial charge in [-0.3, -0.25) is 10.1 Å². The van der Waals surface area contributed by atoms with E-state index in [1.165, 1.54) is 6.07 Å². The third-order valence-electron chi connectivity index (χ3n) is 2.83. The number of anilines is 1. The molecule has 0 bridgehead atoms. The van der Waals surface area contributed by atoms with Crippen molar-refractivity contribution in [3.05, 3.63) is 26.9 Å². The zero-order valence-electron chi connectivity index (χ0n) is 10.2. The summed E-state index contributed by atoms with van der Waals surface area (Å²) >= 11 is 3.20. The summed E-state index contributed by atoms with van der Waals surface area (Å²) in [6, 6.07) is 1.75. The Bertz CT molecular complexity index is 408. The van der Waals surface area contributed by atoms with Crippen molar-refractivity contribution in [3.8, 4) is 0 Å². The average Bonchev–Trinajstić information content (AvgIpc) is 2.30. The molecular formula is C11H16BrN3O2. The highest BCUT2D eigenvalue weighted by Crippen LogP contribution is 2.29. The summed E-state index contributed by atoms with van der Waals surface area (Å²) < 4.78 is 0.617. The van der Waals surface area contributed by atoms with Crippen LogP contribution in [-0.2, 0) is 0 Å². The largest absolute Gasteiger partial charge is 0.351 e. The third-order valence-corrected chi connectivity index (χ3v) is 3.27. The molecule has 0 aliphatic heterocycles. The van der Waals surface area contributed by atoms with Gasteiger partial charge < -0.3 is 4.90 Å². The molecule has 5 nitrogen and oxygen atoms in total. The van der Waals surface area contributed by atoms with Crippen molar-refractivity contribution < 1.29 is 4.92 Å². The lowest BCUT2D eigenvalue weighted by atomic mass is 10.1. The van der Waals surface area contributed by atoms with Gasteiger partial charge in [-0.25, -0.2) is 4.98 Å². The lowest BCUT2D eigenvalue weighted by Crippen LogP contribution is -2.31. The molecule has 0 amide bonds. The molecule has 0 unspecified atom stereocenters. The summed E-state index contributed by atoms with van der Waals surface area (Å²) in [6.07, 6.45) is 3.45. The number of nitro groups is 1. The Balaban J connectivity index is 3.16. The van der Waals surface area contributed by atoms with E-state index in [0.717, 1.165) is 12.8 Å². The first kappa shape index (κ1) is 13.9. The fourth-order valence-corrected chi connectivity index (χ4v) is 2.16. The smallest absolute Gasteiger partial charge is 0.312 e. The maximum Gasteiger partial charge on any atom is 0.312 e. The lowest BCUT2D eigenvalue weighted by Gasteiger charge is -2.26. The molecule has 1 rings (SSSR count). The van der Waals surface area contributed by atoms with Gasteiger partial charge >= 0.3 is 5.69 Å². The molecule has 0 radical (unpaired) electrons. The Kier molecular flexibility index (Phi) is 4.86. The van der Waals surface area contributed by atoms with Gasteiger partial charge in [0.2, 0.25) is 5.82 Å². The Hall–Kier alpha value is -1.17. The Morgan fingerprint density at radius 1 is 1.53 bits per heavy atom. The zero-order valence-corrected chi connectivity index (χ0v) is 11.8. The molecule has 0 saturated heterocycles. The van der Waals surface area contributed by atoms with Crippen LogP contribution in [0, 0.1) is 10.1 Å². The topological polar surface area (TPSA) is 59.3 Å². The predicted molar refractivity (Wildman–Crippen MR) is 71.4 cm³/mol. The van der Waals surface area contributed by atoms with E-state index in [1.807, 2.05) is 11.9 Å². The van der Waals surface area contributed by atoms with Crippen LogP contribution in [-0.4, -0.2) is 23.0 Å². The summed E-state index contributed by atoms with van der Waals surface area (Å²) in [7, 11) is 1.85. The van der Waals surface area contributed by atoms with Crippen LogP contribution in [0.25, 0.3) is 0 Å². The van der Waals surface area contributed by atoms with Gasteiger partial charge in [-0.05, 0) is 28.8 Å². The second-order valence-corrected chi connectivity index (χ2v) is 4.75. The molecule has 0 N–H and O–H groups in total. The number of aromatic nitrogens is 1. The first-order valence-corrected chi connectivity index (χ1v) is 6.33. The van der Waals surface area contributed by atoms with E-state index in [9.17, 15) is 10.1 Å². The average molecular weight is 302 g/mol. The van der Waals surface area contributed by atoms with Gasteiger partial charge in [-0.1, -0.05) is 13.8 Å². The first-order chi connectivity index (χ1) is 8.01. The summed E-state index contributed by atoms with van der Waals surface area (Å²) in [6.45, 7) is 4.13. The van der Waals surface area contributed by atoms with Crippen LogP contribution in [0.4, 0.5) is 11.5 Å². The van der Waals surface area contributed by atoms with Crippen LogP contribution in [0.3, 0.4) is 0 Å². The number of rotatable bonds is 5. The molecule has 6 heteroatoms. The second kappa shape index (κ2) is 5.95. The van der Waals surface area contributed by atoms with Gasteiger partial charge in [-0.2, -0.15) is 0 Å². The van der Waals surface area contributed by atoms with Crippen molar-refractivity contribution in [1.82, 2.24) is 4.98 Å². The molecular weight excluding hydrogens is 286 g/mol. The van der Waals surface area contributed by atoms with Crippen molar-refractivity contribution in [1.29, 1.82) is 0 Å². The number of pyridine rings is 1. The van der Waals surface area contributed by atoms with Gasteiger partial charge in [0.25, 0.3) is 0 Å². The second-order valence-electron chi connectivity index (χ2n) is 3.83. The minimum absolute atomic E-state index is 0.0359. The van der Waals surface area contributed by atoms with Crippen molar-refractivity contribution in [2.75, 3.05) is 11.9 Å². The molecule has 0 aliphatic rings. The SMILES string of the molecule is CCC(CC)N(C)c1ncc(Br)cc1[N+](=O)[O-]. The maximum atomic E-state index is 11.0. The van der Waals surface area contributed by atoms with E-state index in [0.29, 0.717) is 10.3 Å². The summed E-state index contributed by atoms with van der Waals surface area (Å²) in [5.74, 6) is 0.423. The number of hydrogen-bond acceptors (Lipinski definition) is 4. The van der Waals surface area contributed by atoms with E-state index >= 15 is 0 Å². The van der Waals surface area contributed by atoms with Gasteiger partial charge in [0.15, 0.2) is 0 Å². The van der Waals surface area contributed by atoms with Crippen LogP contribution in [0.5, 0.6) is 0 Å². The van der Waals surface area contributed by atoms with E-state index in [2.05, 4.69) is 34.8 Å². The van der Waals surface area contributed by atoms with Crippen LogP contribution in [0.1, 0.15) is 26.7 Å². The van der Waals surface area contributed by atoms with Crippen molar-refractivity contribution in [2.24, 2.45) is 0 Å². The zero-order chi connectivity index (χ0) is 13.0. The van der Waals surface area contributed by atoms with Gasteiger partial charge in [-0.15, -0.1) is 0 Å². The van der Waals surface area contributed by atoms with Crippen molar-refractivity contribution >= 4 is 27.4 Å². The lowest BCUT2D eigenvalue weighted by molar-refractivity contribution is -0.384. The quantitative estimate of drug-likeness (QED) is 0.618. The molecule has 94 valence electrons. The molecule has 0 fully saturated rings. The number of hydrogen-bond donors (Lipinski definition) is 0. The molecule has 1 aromatic heterocycles. The summed E-state index contributed by atoms with van der Waals surface area (Å²) in [4.78, 5) is 16.6. The Morgan fingerprint density at radius 2 is 2.12 bits per heavy atom. The third kappa shape index (κ3) is 3.15. The maximum absolute atomic E-state index is 11.0. The highest BCUT2D eigenvalue weighted by atomic mass is 79.9. The number of halogens is 1. The summed E-state index contributed by atoms with van der Waals surface area (Å²) in [5, 5.41) is 11.0. The minimum Gasteiger partial charge on any atom is -0.351 e. The monoisotopic (exact) mass is 301 g/mol. The predicted octanol–water partition coefficient (Wildman–Crippen LogP) is 3.38. The normalized spacial score (nSPS) is 10.6. The van der Waals surface area contributed by atoms with Crippen LogP contribution < -0.4 is 4.90 Å². The van der Waals surface area contributed by atoms with E-state index in [1.54, 1.807) is 6.20 Å². The highest BCUT2D eigenvalue weighted by Gasteiger charge is 2.22. The fourth-order valence-electron chi connectivity index (χ4n) is 1.84. The van der Waals surface area contributed by atoms with Crippen molar-refractivity contribution in [2.45, 2.75) is 32.7 Å². The van der Waals surface area contributed by atoms with Crippen LogP contribution >= 0.6 is 15.9 Å².